The van der Waals surface area contributed by atoms with Gasteiger partial charge in [0.05, 0.1) is 11.4 Å². The Bertz CT molecular complexity index is 2560. The smallest absolute Gasteiger partial charge is 0.267 e. The Balaban J connectivity index is 1.03. The average molecular weight is 685 g/mol. The van der Waals surface area contributed by atoms with Gasteiger partial charge in [-0.2, -0.15) is 0 Å². The van der Waals surface area contributed by atoms with E-state index in [4.69, 9.17) is 9.97 Å². The number of thiazole rings is 2. The molecule has 0 spiro atoms. The molecule has 2 aromatic heterocycles. The summed E-state index contributed by atoms with van der Waals surface area (Å²) in [7, 11) is 0. The molecule has 0 aliphatic carbocycles. The quantitative estimate of drug-likeness (QED) is 0.172. The molecule has 10 rings (SSSR count). The fraction of sp³-hybridized carbons (Fsp3) is 0. The van der Waals surface area contributed by atoms with Gasteiger partial charge in [-0.25, -0.2) is 19.8 Å². The van der Waals surface area contributed by atoms with Crippen molar-refractivity contribution in [3.8, 4) is 22.5 Å². The van der Waals surface area contributed by atoms with E-state index in [1.807, 2.05) is 95.7 Å². The Morgan fingerprint density at radius 1 is 0.400 bits per heavy atom. The monoisotopic (exact) mass is 684 g/mol. The van der Waals surface area contributed by atoms with Gasteiger partial charge in [-0.3, -0.25) is 19.2 Å². The summed E-state index contributed by atoms with van der Waals surface area (Å²) in [6, 6.07) is 34.0. The van der Waals surface area contributed by atoms with Crippen molar-refractivity contribution in [2.45, 2.75) is 0 Å². The highest BCUT2D eigenvalue weighted by Crippen LogP contribution is 2.42. The van der Waals surface area contributed by atoms with Gasteiger partial charge < -0.3 is 0 Å². The van der Waals surface area contributed by atoms with Crippen LogP contribution in [0.3, 0.4) is 0 Å². The van der Waals surface area contributed by atoms with E-state index in [0.29, 0.717) is 22.2 Å². The highest BCUT2D eigenvalue weighted by molar-refractivity contribution is 7.15. The molecular weight excluding hydrogens is 665 g/mol. The van der Waals surface area contributed by atoms with Crippen molar-refractivity contribution in [2.24, 2.45) is 0 Å². The van der Waals surface area contributed by atoms with E-state index in [1.54, 1.807) is 24.3 Å². The summed E-state index contributed by atoms with van der Waals surface area (Å²) in [6.07, 6.45) is 0. The molecule has 236 valence electrons. The normalized spacial score (nSPS) is 14.1. The van der Waals surface area contributed by atoms with Crippen molar-refractivity contribution < 1.29 is 19.2 Å². The van der Waals surface area contributed by atoms with Crippen LogP contribution in [0, 0.1) is 0 Å². The van der Waals surface area contributed by atoms with Gasteiger partial charge in [0.1, 0.15) is 0 Å². The number of anilines is 2. The Kier molecular flexibility index (Phi) is 6.05. The topological polar surface area (TPSA) is 101 Å². The number of rotatable bonds is 4. The van der Waals surface area contributed by atoms with E-state index in [-0.39, 0.29) is 32.5 Å². The van der Waals surface area contributed by atoms with E-state index in [2.05, 4.69) is 0 Å². The van der Waals surface area contributed by atoms with E-state index < -0.39 is 23.6 Å². The third kappa shape index (κ3) is 3.97. The minimum atomic E-state index is -0.563. The van der Waals surface area contributed by atoms with Crippen molar-refractivity contribution >= 4 is 88.9 Å². The summed E-state index contributed by atoms with van der Waals surface area (Å²) in [5, 5.41) is 8.90. The second-order valence-electron chi connectivity index (χ2n) is 12.0. The number of imide groups is 2. The lowest BCUT2D eigenvalue weighted by molar-refractivity contribution is 0.0873. The number of carbonyl (C=O) groups is 4. The first-order chi connectivity index (χ1) is 24.5. The zero-order valence-electron chi connectivity index (χ0n) is 25.8. The van der Waals surface area contributed by atoms with Gasteiger partial charge in [-0.05, 0) is 45.8 Å². The molecule has 0 N–H and O–H groups in total. The van der Waals surface area contributed by atoms with Crippen molar-refractivity contribution in [1.29, 1.82) is 0 Å². The van der Waals surface area contributed by atoms with Crippen LogP contribution in [0.4, 0.5) is 10.3 Å². The van der Waals surface area contributed by atoms with E-state index >= 15 is 0 Å². The van der Waals surface area contributed by atoms with Crippen molar-refractivity contribution in [2.75, 3.05) is 9.80 Å². The molecule has 50 heavy (non-hydrogen) atoms. The highest BCUT2D eigenvalue weighted by Gasteiger charge is 2.42. The highest BCUT2D eigenvalue weighted by atomic mass is 32.1. The number of hydrogen-bond donors (Lipinski definition) is 0. The molecule has 2 aliphatic heterocycles. The maximum Gasteiger partial charge on any atom is 0.267 e. The zero-order valence-corrected chi connectivity index (χ0v) is 27.4. The number of amides is 4. The molecular formula is C40H20N4O4S2. The van der Waals surface area contributed by atoms with Gasteiger partial charge in [0.15, 0.2) is 10.3 Å². The molecule has 0 saturated heterocycles. The second kappa shape index (κ2) is 10.6. The maximum absolute atomic E-state index is 14.1. The van der Waals surface area contributed by atoms with Gasteiger partial charge in [0.2, 0.25) is 0 Å². The number of hydrogen-bond acceptors (Lipinski definition) is 8. The summed E-state index contributed by atoms with van der Waals surface area (Å²) in [5.74, 6) is -2.25. The SMILES string of the molecule is O=C1c2ccc3c4c(ccc(c24)C(=O)N1c1nc(-c2cccc4ccccc24)cs1)C(=O)N(c1nc(-c2cccc4ccccc24)cs1)C3=O. The van der Waals surface area contributed by atoms with Crippen molar-refractivity contribution in [3.63, 3.8) is 0 Å². The van der Waals surface area contributed by atoms with Crippen LogP contribution in [0.5, 0.6) is 0 Å². The van der Waals surface area contributed by atoms with E-state index in [0.717, 1.165) is 42.5 Å². The standard InChI is InChI=1S/C40H20N4O4S2/c45-35-27-15-17-29-34-30(38(48)44(37(29)47)40-42-32(20-50-40)26-14-6-10-22-8-2-4-12-24(22)26)18-16-28(33(27)34)36(46)43(35)39-41-31(19-49-39)25-13-5-9-21-7-1-3-11-23(21)25/h1-20H. The molecule has 8 aromatic rings. The number of carbonyl (C=O) groups excluding carboxylic acids is 4. The molecule has 8 nitrogen and oxygen atoms in total. The minimum Gasteiger partial charge on any atom is -0.268 e. The molecule has 6 aromatic carbocycles. The third-order valence-corrected chi connectivity index (χ3v) is 11.0. The third-order valence-electron chi connectivity index (χ3n) is 9.39. The molecule has 2 aliphatic rings. The molecule has 0 bridgehead atoms. The predicted molar refractivity (Wildman–Crippen MR) is 196 cm³/mol. The van der Waals surface area contributed by atoms with Crippen LogP contribution in [0.2, 0.25) is 0 Å². The van der Waals surface area contributed by atoms with Crippen LogP contribution >= 0.6 is 22.7 Å². The lowest BCUT2D eigenvalue weighted by Gasteiger charge is -2.30. The van der Waals surface area contributed by atoms with Gasteiger partial charge in [-0.1, -0.05) is 84.9 Å². The molecule has 0 unspecified atom stereocenters. The fourth-order valence-corrected chi connectivity index (χ4v) is 8.74. The lowest BCUT2D eigenvalue weighted by Crippen LogP contribution is -2.43. The predicted octanol–water partition coefficient (Wildman–Crippen LogP) is 8.99. The Morgan fingerprint density at radius 3 is 1.16 bits per heavy atom. The van der Waals surface area contributed by atoms with Crippen molar-refractivity contribution in [3.05, 3.63) is 142 Å². The summed E-state index contributed by atoms with van der Waals surface area (Å²) < 4.78 is 0. The summed E-state index contributed by atoms with van der Waals surface area (Å²) >= 11 is 2.41. The van der Waals surface area contributed by atoms with Crippen LogP contribution < -0.4 is 9.80 Å². The molecule has 0 atom stereocenters. The Morgan fingerprint density at radius 2 is 0.760 bits per heavy atom. The number of aromatic nitrogens is 2. The molecule has 4 amide bonds. The number of benzene rings is 6. The van der Waals surface area contributed by atoms with Gasteiger partial charge in [0, 0.05) is 54.9 Å². The summed E-state index contributed by atoms with van der Waals surface area (Å²) in [5.41, 5.74) is 4.00. The first-order valence-electron chi connectivity index (χ1n) is 15.7. The second-order valence-corrected chi connectivity index (χ2v) is 13.7. The first-order valence-corrected chi connectivity index (χ1v) is 17.5. The molecule has 4 heterocycles. The minimum absolute atomic E-state index is 0.226. The van der Waals surface area contributed by atoms with E-state index in [1.165, 1.54) is 22.7 Å². The van der Waals surface area contributed by atoms with Crippen LogP contribution in [0.25, 0.3) is 54.8 Å². The fourth-order valence-electron chi connectivity index (χ4n) is 7.10. The van der Waals surface area contributed by atoms with Gasteiger partial charge in [-0.15, -0.1) is 22.7 Å². The number of nitrogens with zero attached hydrogens (tertiary/aromatic N) is 4. The first kappa shape index (κ1) is 28.6. The van der Waals surface area contributed by atoms with Crippen LogP contribution in [0.1, 0.15) is 41.4 Å². The van der Waals surface area contributed by atoms with Crippen LogP contribution in [-0.4, -0.2) is 33.6 Å². The average Bonchev–Trinajstić information content (AvgIpc) is 3.84. The maximum atomic E-state index is 14.1. The van der Waals surface area contributed by atoms with Crippen LogP contribution in [-0.2, 0) is 0 Å². The summed E-state index contributed by atoms with van der Waals surface area (Å²) in [6.45, 7) is 0. The molecule has 10 heteroatoms. The van der Waals surface area contributed by atoms with Crippen molar-refractivity contribution in [1.82, 2.24) is 9.97 Å². The Hall–Kier alpha value is -6.36. The van der Waals surface area contributed by atoms with Gasteiger partial charge in [0.25, 0.3) is 23.6 Å². The molecule has 0 fully saturated rings. The van der Waals surface area contributed by atoms with E-state index in [9.17, 15) is 19.2 Å². The summed E-state index contributed by atoms with van der Waals surface area (Å²) in [4.78, 5) is 67.9. The number of fused-ring (bicyclic) bond motifs is 2. The Labute approximate surface area is 291 Å². The van der Waals surface area contributed by atoms with Crippen LogP contribution in [0.15, 0.2) is 120 Å². The largest absolute Gasteiger partial charge is 0.268 e. The molecule has 0 saturated carbocycles. The molecule has 0 radical (unpaired) electrons. The lowest BCUT2D eigenvalue weighted by atomic mass is 9.86. The van der Waals surface area contributed by atoms with Gasteiger partial charge >= 0.3 is 0 Å². The zero-order chi connectivity index (χ0) is 33.7.